The van der Waals surface area contributed by atoms with Crippen LogP contribution in [0, 0.1) is 0 Å². The van der Waals surface area contributed by atoms with Gasteiger partial charge in [0.25, 0.3) is 0 Å². The lowest BCUT2D eigenvalue weighted by Crippen LogP contribution is -2.60. The van der Waals surface area contributed by atoms with Crippen molar-refractivity contribution in [3.05, 3.63) is 58.0 Å². The first-order valence-corrected chi connectivity index (χ1v) is 11.5. The molecular formula is C26H28O11. The van der Waals surface area contributed by atoms with Gasteiger partial charge >= 0.3 is 0 Å². The maximum Gasteiger partial charge on any atom is 0.229 e. The summed E-state index contributed by atoms with van der Waals surface area (Å²) in [5, 5.41) is 70.8. The van der Waals surface area contributed by atoms with Crippen LogP contribution in [0.5, 0.6) is 23.0 Å². The molecule has 3 aromatic rings. The number of rotatable bonds is 6. The number of aliphatic hydroxyl groups is 4. The maximum atomic E-state index is 13.2. The van der Waals surface area contributed by atoms with Crippen LogP contribution in [-0.2, 0) is 11.2 Å². The average molecular weight is 516 g/mol. The molecule has 0 aliphatic carbocycles. The van der Waals surface area contributed by atoms with Gasteiger partial charge in [-0.3, -0.25) is 4.79 Å². The van der Waals surface area contributed by atoms with E-state index in [0.29, 0.717) is 0 Å². The molecule has 11 nitrogen and oxygen atoms in total. The number of benzene rings is 2. The van der Waals surface area contributed by atoms with Crippen molar-refractivity contribution in [1.82, 2.24) is 0 Å². The minimum Gasteiger partial charge on any atom is -0.508 e. The van der Waals surface area contributed by atoms with Crippen LogP contribution in [-0.4, -0.2) is 73.1 Å². The van der Waals surface area contributed by atoms with Crippen molar-refractivity contribution < 1.29 is 49.6 Å². The summed E-state index contributed by atoms with van der Waals surface area (Å²) < 4.78 is 16.6. The zero-order chi connectivity index (χ0) is 27.0. The number of aliphatic hydroxyl groups excluding tert-OH is 4. The summed E-state index contributed by atoms with van der Waals surface area (Å²) in [6.45, 7) is 3.05. The summed E-state index contributed by atoms with van der Waals surface area (Å²) in [6.07, 6.45) is -4.52. The third-order valence-electron chi connectivity index (χ3n) is 6.18. The van der Waals surface area contributed by atoms with Crippen LogP contribution in [0.25, 0.3) is 22.1 Å². The zero-order valence-electron chi connectivity index (χ0n) is 20.0. The Kier molecular flexibility index (Phi) is 7.44. The van der Waals surface area contributed by atoms with Crippen LogP contribution in [0.2, 0.25) is 0 Å². The van der Waals surface area contributed by atoms with Crippen LogP contribution < -0.4 is 10.2 Å². The van der Waals surface area contributed by atoms with E-state index in [0.717, 1.165) is 17.9 Å². The topological polar surface area (TPSA) is 190 Å². The number of ether oxygens (including phenoxy) is 2. The van der Waals surface area contributed by atoms with Gasteiger partial charge in [0, 0.05) is 23.3 Å². The van der Waals surface area contributed by atoms with Crippen molar-refractivity contribution in [3.8, 4) is 34.1 Å². The number of fused-ring (bicyclic) bond motifs is 1. The summed E-state index contributed by atoms with van der Waals surface area (Å²) >= 11 is 0. The molecule has 198 valence electrons. The second-order valence-corrected chi connectivity index (χ2v) is 9.06. The Balaban J connectivity index is 1.80. The predicted molar refractivity (Wildman–Crippen MR) is 130 cm³/mol. The quantitative estimate of drug-likeness (QED) is 0.234. The highest BCUT2D eigenvalue weighted by atomic mass is 16.7. The fourth-order valence-corrected chi connectivity index (χ4v) is 4.14. The molecule has 0 bridgehead atoms. The first-order chi connectivity index (χ1) is 17.5. The Hall–Kier alpha value is -3.61. The molecule has 0 spiro atoms. The standard InChI is InChI=1S/C26H28O11/c1-11(2)3-4-14-17(36-26-25(34)24(33)23(32)19(9-27)37-26)6-5-13(21(14)30)15-10-35-18-8-12(28)7-16(29)20(18)22(15)31/h3,5-8,10,19,23-30,32-34H,4,9H2,1-2H3. The van der Waals surface area contributed by atoms with E-state index in [1.54, 1.807) is 6.08 Å². The van der Waals surface area contributed by atoms with Gasteiger partial charge in [-0.05, 0) is 32.4 Å². The number of allylic oxidation sites excluding steroid dienone is 2. The molecule has 0 saturated carbocycles. The van der Waals surface area contributed by atoms with Crippen molar-refractivity contribution in [2.45, 2.75) is 51.0 Å². The third kappa shape index (κ3) is 4.99. The second-order valence-electron chi connectivity index (χ2n) is 9.06. The monoisotopic (exact) mass is 516 g/mol. The molecule has 5 atom stereocenters. The van der Waals surface area contributed by atoms with Crippen LogP contribution in [0.15, 0.2) is 51.4 Å². The number of hydrogen-bond donors (Lipinski definition) is 7. The Morgan fingerprint density at radius 1 is 1.03 bits per heavy atom. The Labute approximate surface area is 210 Å². The molecule has 7 N–H and O–H groups in total. The van der Waals surface area contributed by atoms with Gasteiger partial charge in [-0.25, -0.2) is 0 Å². The maximum absolute atomic E-state index is 13.2. The van der Waals surface area contributed by atoms with E-state index in [-0.39, 0.29) is 51.3 Å². The van der Waals surface area contributed by atoms with E-state index in [9.17, 15) is 40.5 Å². The van der Waals surface area contributed by atoms with Crippen molar-refractivity contribution in [3.63, 3.8) is 0 Å². The number of hydrogen-bond acceptors (Lipinski definition) is 11. The molecule has 1 fully saturated rings. The van der Waals surface area contributed by atoms with E-state index in [1.165, 1.54) is 18.2 Å². The van der Waals surface area contributed by atoms with Gasteiger partial charge in [-0.2, -0.15) is 0 Å². The summed E-state index contributed by atoms with van der Waals surface area (Å²) in [4.78, 5) is 13.2. The highest BCUT2D eigenvalue weighted by molar-refractivity contribution is 5.89. The zero-order valence-corrected chi connectivity index (χ0v) is 20.0. The Morgan fingerprint density at radius 3 is 2.43 bits per heavy atom. The van der Waals surface area contributed by atoms with Crippen LogP contribution >= 0.6 is 0 Å². The van der Waals surface area contributed by atoms with E-state index in [1.807, 2.05) is 13.8 Å². The lowest BCUT2D eigenvalue weighted by atomic mass is 9.97. The van der Waals surface area contributed by atoms with Gasteiger partial charge in [0.2, 0.25) is 11.7 Å². The normalized spacial score (nSPS) is 23.7. The van der Waals surface area contributed by atoms with E-state index in [2.05, 4.69) is 0 Å². The lowest BCUT2D eigenvalue weighted by Gasteiger charge is -2.39. The lowest BCUT2D eigenvalue weighted by molar-refractivity contribution is -0.277. The van der Waals surface area contributed by atoms with E-state index in [4.69, 9.17) is 13.9 Å². The first-order valence-electron chi connectivity index (χ1n) is 11.5. The molecule has 5 unspecified atom stereocenters. The average Bonchev–Trinajstić information content (AvgIpc) is 2.84. The smallest absolute Gasteiger partial charge is 0.229 e. The van der Waals surface area contributed by atoms with Crippen LogP contribution in [0.4, 0.5) is 0 Å². The molecular weight excluding hydrogens is 488 g/mol. The minimum absolute atomic E-state index is 0.0434. The number of phenols is 3. The van der Waals surface area contributed by atoms with Crippen molar-refractivity contribution >= 4 is 11.0 Å². The molecule has 37 heavy (non-hydrogen) atoms. The molecule has 11 heteroatoms. The Morgan fingerprint density at radius 2 is 1.76 bits per heavy atom. The predicted octanol–water partition coefficient (Wildman–Crippen LogP) is 1.26. The number of aromatic hydroxyl groups is 3. The molecule has 4 rings (SSSR count). The van der Waals surface area contributed by atoms with Gasteiger partial charge < -0.3 is 49.6 Å². The first kappa shape index (κ1) is 26.5. The SMILES string of the molecule is CC(C)=CCc1c(OC2OC(CO)C(O)C(O)C2O)ccc(-c2coc3cc(O)cc(O)c3c2=O)c1O. The molecule has 1 aromatic heterocycles. The van der Waals surface area contributed by atoms with E-state index >= 15 is 0 Å². The number of phenolic OH excluding ortho intramolecular Hbond substituents is 3. The summed E-state index contributed by atoms with van der Waals surface area (Å²) in [5.74, 6) is -1.06. The molecule has 2 heterocycles. The van der Waals surface area contributed by atoms with Crippen molar-refractivity contribution in [2.24, 2.45) is 0 Å². The fraction of sp³-hybridized carbons (Fsp3) is 0.346. The van der Waals surface area contributed by atoms with Crippen LogP contribution in [0.1, 0.15) is 19.4 Å². The van der Waals surface area contributed by atoms with Crippen molar-refractivity contribution in [1.29, 1.82) is 0 Å². The molecule has 2 aromatic carbocycles. The molecule has 1 aliphatic rings. The molecule has 0 radical (unpaired) electrons. The van der Waals surface area contributed by atoms with E-state index < -0.39 is 48.5 Å². The van der Waals surface area contributed by atoms with Crippen molar-refractivity contribution in [2.75, 3.05) is 6.61 Å². The minimum atomic E-state index is -1.66. The van der Waals surface area contributed by atoms with Gasteiger partial charge in [0.1, 0.15) is 64.6 Å². The van der Waals surface area contributed by atoms with Crippen LogP contribution in [0.3, 0.4) is 0 Å². The van der Waals surface area contributed by atoms with Gasteiger partial charge in [-0.15, -0.1) is 0 Å². The molecule has 0 amide bonds. The summed E-state index contributed by atoms with van der Waals surface area (Å²) in [5.41, 5.74) is 0.441. The largest absolute Gasteiger partial charge is 0.508 e. The summed E-state index contributed by atoms with van der Waals surface area (Å²) in [7, 11) is 0. The summed E-state index contributed by atoms with van der Waals surface area (Å²) in [6, 6.07) is 4.97. The highest BCUT2D eigenvalue weighted by Gasteiger charge is 2.45. The highest BCUT2D eigenvalue weighted by Crippen LogP contribution is 2.40. The Bertz CT molecular complexity index is 1390. The molecule has 1 saturated heterocycles. The van der Waals surface area contributed by atoms with Gasteiger partial charge in [-0.1, -0.05) is 11.6 Å². The fourth-order valence-electron chi connectivity index (χ4n) is 4.14. The molecule has 1 aliphatic heterocycles. The van der Waals surface area contributed by atoms with Gasteiger partial charge in [0.05, 0.1) is 12.2 Å². The second kappa shape index (κ2) is 10.4. The van der Waals surface area contributed by atoms with Gasteiger partial charge in [0.15, 0.2) is 0 Å². The third-order valence-corrected chi connectivity index (χ3v) is 6.18.